The molecule has 1 aliphatic rings. The van der Waals surface area contributed by atoms with Gasteiger partial charge in [-0.3, -0.25) is 4.79 Å². The minimum Gasteiger partial charge on any atom is -0.434 e. The zero-order valence-corrected chi connectivity index (χ0v) is 12.9. The zero-order valence-electron chi connectivity index (χ0n) is 12.1. The highest BCUT2D eigenvalue weighted by molar-refractivity contribution is 5.85. The van der Waals surface area contributed by atoms with Crippen molar-refractivity contribution in [1.29, 1.82) is 0 Å². The lowest BCUT2D eigenvalue weighted by Gasteiger charge is -2.25. The number of ether oxygens (including phenoxy) is 2. The second-order valence-electron chi connectivity index (χ2n) is 4.71. The van der Waals surface area contributed by atoms with Crippen molar-refractivity contribution in [1.82, 2.24) is 10.6 Å². The molecule has 1 amide bonds. The molecule has 8 heteroatoms. The van der Waals surface area contributed by atoms with E-state index >= 15 is 0 Å². The lowest BCUT2D eigenvalue weighted by Crippen LogP contribution is -2.48. The van der Waals surface area contributed by atoms with Crippen molar-refractivity contribution in [2.75, 3.05) is 19.7 Å². The van der Waals surface area contributed by atoms with Gasteiger partial charge in [0.05, 0.1) is 12.6 Å². The summed E-state index contributed by atoms with van der Waals surface area (Å²) in [7, 11) is 0. The molecule has 2 atom stereocenters. The van der Waals surface area contributed by atoms with Crippen LogP contribution in [-0.2, 0) is 9.53 Å². The molecular weight excluding hydrogens is 318 g/mol. The summed E-state index contributed by atoms with van der Waals surface area (Å²) >= 11 is 0. The molecule has 0 spiro atoms. The van der Waals surface area contributed by atoms with E-state index in [1.165, 1.54) is 6.07 Å². The van der Waals surface area contributed by atoms with Gasteiger partial charge in [0, 0.05) is 18.7 Å². The first kappa shape index (κ1) is 18.6. The van der Waals surface area contributed by atoms with E-state index in [-0.39, 0.29) is 24.1 Å². The van der Waals surface area contributed by atoms with Gasteiger partial charge in [-0.25, -0.2) is 0 Å². The first-order chi connectivity index (χ1) is 10.1. The SMILES string of the molecule is CC(NC(=O)C1CNCCO1)c1ccccc1OC(F)F.Cl. The average molecular weight is 337 g/mol. The summed E-state index contributed by atoms with van der Waals surface area (Å²) in [6.07, 6.45) is -0.565. The van der Waals surface area contributed by atoms with Gasteiger partial charge in [0.1, 0.15) is 11.9 Å². The van der Waals surface area contributed by atoms with Gasteiger partial charge in [-0.05, 0) is 13.0 Å². The fourth-order valence-electron chi connectivity index (χ4n) is 2.16. The van der Waals surface area contributed by atoms with Crippen molar-refractivity contribution in [3.8, 4) is 5.75 Å². The van der Waals surface area contributed by atoms with Crippen LogP contribution in [0.2, 0.25) is 0 Å². The van der Waals surface area contributed by atoms with Crippen LogP contribution in [-0.4, -0.2) is 38.3 Å². The molecule has 1 aliphatic heterocycles. The van der Waals surface area contributed by atoms with Crippen LogP contribution in [0.1, 0.15) is 18.5 Å². The second-order valence-corrected chi connectivity index (χ2v) is 4.71. The molecule has 22 heavy (non-hydrogen) atoms. The maximum Gasteiger partial charge on any atom is 0.387 e. The van der Waals surface area contributed by atoms with Gasteiger partial charge in [0.25, 0.3) is 5.91 Å². The quantitative estimate of drug-likeness (QED) is 0.862. The van der Waals surface area contributed by atoms with Crippen molar-refractivity contribution in [2.45, 2.75) is 25.7 Å². The maximum atomic E-state index is 12.4. The molecule has 0 bridgehead atoms. The molecule has 5 nitrogen and oxygen atoms in total. The standard InChI is InChI=1S/C14H18F2N2O3.ClH/c1-9(18-13(19)12-8-17-6-7-20-12)10-4-2-3-5-11(10)21-14(15)16;/h2-5,9,12,14,17H,6-8H2,1H3,(H,18,19);1H. The van der Waals surface area contributed by atoms with Gasteiger partial charge in [-0.1, -0.05) is 18.2 Å². The summed E-state index contributed by atoms with van der Waals surface area (Å²) < 4.78 is 34.6. The molecule has 0 radical (unpaired) electrons. The highest BCUT2D eigenvalue weighted by Crippen LogP contribution is 2.26. The molecule has 0 aliphatic carbocycles. The molecule has 1 aromatic rings. The first-order valence-electron chi connectivity index (χ1n) is 6.74. The van der Waals surface area contributed by atoms with E-state index in [0.717, 1.165) is 0 Å². The van der Waals surface area contributed by atoms with Crippen LogP contribution in [0.15, 0.2) is 24.3 Å². The van der Waals surface area contributed by atoms with E-state index in [2.05, 4.69) is 15.4 Å². The zero-order chi connectivity index (χ0) is 15.2. The Balaban J connectivity index is 0.00000242. The van der Waals surface area contributed by atoms with Crippen LogP contribution in [0, 0.1) is 0 Å². The summed E-state index contributed by atoms with van der Waals surface area (Å²) in [6, 6.07) is 5.93. The van der Waals surface area contributed by atoms with Crippen LogP contribution in [0.25, 0.3) is 0 Å². The number of rotatable bonds is 5. The third kappa shape index (κ3) is 5.08. The number of nitrogens with one attached hydrogen (secondary N) is 2. The summed E-state index contributed by atoms with van der Waals surface area (Å²) in [5.41, 5.74) is 0.495. The Kier molecular flexibility index (Phi) is 7.50. The number of carbonyl (C=O) groups excluding carboxylic acids is 1. The molecule has 0 aromatic heterocycles. The monoisotopic (exact) mass is 336 g/mol. The number of amides is 1. The topological polar surface area (TPSA) is 59.6 Å². The minimum atomic E-state index is -2.90. The van der Waals surface area contributed by atoms with E-state index in [4.69, 9.17) is 4.74 Å². The Bertz CT molecular complexity index is 485. The van der Waals surface area contributed by atoms with Gasteiger partial charge in [-0.2, -0.15) is 8.78 Å². The van der Waals surface area contributed by atoms with Crippen LogP contribution < -0.4 is 15.4 Å². The van der Waals surface area contributed by atoms with Crippen LogP contribution in [0.5, 0.6) is 5.75 Å². The molecular formula is C14H19ClF2N2O3. The molecule has 1 fully saturated rings. The lowest BCUT2D eigenvalue weighted by molar-refractivity contribution is -0.134. The summed E-state index contributed by atoms with van der Waals surface area (Å²) in [4.78, 5) is 12.1. The Morgan fingerprint density at radius 3 is 2.82 bits per heavy atom. The fraction of sp³-hybridized carbons (Fsp3) is 0.500. The van der Waals surface area contributed by atoms with E-state index in [1.807, 2.05) is 0 Å². The lowest BCUT2D eigenvalue weighted by atomic mass is 10.1. The third-order valence-electron chi connectivity index (χ3n) is 3.18. The minimum absolute atomic E-state index is 0. The number of para-hydroxylation sites is 1. The Hall–Kier alpha value is -1.44. The number of morpholine rings is 1. The number of alkyl halides is 2. The van der Waals surface area contributed by atoms with Crippen molar-refractivity contribution in [2.24, 2.45) is 0 Å². The Morgan fingerprint density at radius 1 is 1.45 bits per heavy atom. The molecule has 0 saturated carbocycles. The van der Waals surface area contributed by atoms with Crippen LogP contribution >= 0.6 is 12.4 Å². The fourth-order valence-corrected chi connectivity index (χ4v) is 2.16. The van der Waals surface area contributed by atoms with E-state index in [0.29, 0.717) is 25.3 Å². The number of halogens is 3. The van der Waals surface area contributed by atoms with Crippen molar-refractivity contribution in [3.05, 3.63) is 29.8 Å². The van der Waals surface area contributed by atoms with Crippen LogP contribution in [0.3, 0.4) is 0 Å². The first-order valence-corrected chi connectivity index (χ1v) is 6.74. The summed E-state index contributed by atoms with van der Waals surface area (Å²) in [5, 5.41) is 5.81. The third-order valence-corrected chi connectivity index (χ3v) is 3.18. The highest BCUT2D eigenvalue weighted by Gasteiger charge is 2.24. The molecule has 1 heterocycles. The number of carbonyl (C=O) groups is 1. The van der Waals surface area contributed by atoms with E-state index in [1.54, 1.807) is 25.1 Å². The van der Waals surface area contributed by atoms with Crippen molar-refractivity contribution in [3.63, 3.8) is 0 Å². The average Bonchev–Trinajstić information content (AvgIpc) is 2.48. The van der Waals surface area contributed by atoms with Gasteiger partial charge in [0.2, 0.25) is 0 Å². The number of hydrogen-bond acceptors (Lipinski definition) is 4. The van der Waals surface area contributed by atoms with E-state index < -0.39 is 18.8 Å². The number of benzene rings is 1. The predicted octanol–water partition coefficient (Wildman–Crippen LogP) is 1.88. The largest absolute Gasteiger partial charge is 0.434 e. The van der Waals surface area contributed by atoms with E-state index in [9.17, 15) is 13.6 Å². The Morgan fingerprint density at radius 2 is 2.18 bits per heavy atom. The maximum absolute atomic E-state index is 12.4. The highest BCUT2D eigenvalue weighted by atomic mass is 35.5. The summed E-state index contributed by atoms with van der Waals surface area (Å²) in [5.74, 6) is -0.218. The second kappa shape index (κ2) is 8.87. The van der Waals surface area contributed by atoms with Crippen molar-refractivity contribution >= 4 is 18.3 Å². The van der Waals surface area contributed by atoms with Gasteiger partial charge < -0.3 is 20.1 Å². The molecule has 2 N–H and O–H groups in total. The molecule has 1 saturated heterocycles. The van der Waals surface area contributed by atoms with Crippen LogP contribution in [0.4, 0.5) is 8.78 Å². The molecule has 1 aromatic carbocycles. The predicted molar refractivity (Wildman–Crippen MR) is 79.5 cm³/mol. The number of hydrogen-bond donors (Lipinski definition) is 2. The van der Waals surface area contributed by atoms with Crippen molar-refractivity contribution < 1.29 is 23.0 Å². The Labute approximate surface area is 133 Å². The molecule has 2 unspecified atom stereocenters. The molecule has 124 valence electrons. The normalized spacial score (nSPS) is 19.2. The van der Waals surface area contributed by atoms with Gasteiger partial charge in [-0.15, -0.1) is 12.4 Å². The smallest absolute Gasteiger partial charge is 0.387 e. The van der Waals surface area contributed by atoms with Gasteiger partial charge >= 0.3 is 6.61 Å². The van der Waals surface area contributed by atoms with Gasteiger partial charge in [0.15, 0.2) is 0 Å². The molecule has 2 rings (SSSR count). The summed E-state index contributed by atoms with van der Waals surface area (Å²) in [6.45, 7) is 0.428.